The summed E-state index contributed by atoms with van der Waals surface area (Å²) in [6, 6.07) is 14.6. The Morgan fingerprint density at radius 3 is 2.39 bits per heavy atom. The first-order valence-electron chi connectivity index (χ1n) is 9.82. The van der Waals surface area contributed by atoms with E-state index in [-0.39, 0.29) is 23.1 Å². The van der Waals surface area contributed by atoms with Crippen LogP contribution in [-0.4, -0.2) is 60.9 Å². The summed E-state index contributed by atoms with van der Waals surface area (Å²) in [4.78, 5) is 28.5. The molecular formula is C22H22F2N4O3. The Bertz CT molecular complexity index is 952. The Labute approximate surface area is 178 Å². The molecule has 0 aliphatic carbocycles. The van der Waals surface area contributed by atoms with Gasteiger partial charge in [-0.2, -0.15) is 14.0 Å². The minimum atomic E-state index is -3.00. The van der Waals surface area contributed by atoms with Crippen LogP contribution in [0.3, 0.4) is 0 Å². The maximum Gasteiger partial charge on any atom is 0.387 e. The highest BCUT2D eigenvalue weighted by Gasteiger charge is 2.25. The van der Waals surface area contributed by atoms with Crippen LogP contribution in [0.25, 0.3) is 0 Å². The number of para-hydroxylation sites is 1. The Kier molecular flexibility index (Phi) is 7.51. The number of nitrogens with zero attached hydrogens (tertiary/aromatic N) is 3. The molecule has 9 heteroatoms. The Hall–Kier alpha value is -3.51. The molecule has 0 saturated carbocycles. The second-order valence-electron chi connectivity index (χ2n) is 7.00. The summed E-state index contributed by atoms with van der Waals surface area (Å²) in [5.74, 6) is -0.625. The van der Waals surface area contributed by atoms with Crippen molar-refractivity contribution in [2.24, 2.45) is 0 Å². The van der Waals surface area contributed by atoms with E-state index in [1.54, 1.807) is 35.2 Å². The zero-order chi connectivity index (χ0) is 22.2. The van der Waals surface area contributed by atoms with Gasteiger partial charge in [0.1, 0.15) is 5.75 Å². The molecular weight excluding hydrogens is 406 g/mol. The maximum atomic E-state index is 12.7. The van der Waals surface area contributed by atoms with Crippen LogP contribution in [0.2, 0.25) is 0 Å². The highest BCUT2D eigenvalue weighted by Crippen LogP contribution is 2.22. The molecule has 1 N–H and O–H groups in total. The van der Waals surface area contributed by atoms with Gasteiger partial charge in [0.25, 0.3) is 5.91 Å². The molecule has 3 rings (SSSR count). The molecule has 0 atom stereocenters. The van der Waals surface area contributed by atoms with Crippen molar-refractivity contribution in [1.82, 2.24) is 9.80 Å². The van der Waals surface area contributed by atoms with Crippen molar-refractivity contribution in [2.45, 2.75) is 13.0 Å². The number of alkyl halides is 2. The monoisotopic (exact) mass is 428 g/mol. The van der Waals surface area contributed by atoms with Gasteiger partial charge in [-0.1, -0.05) is 12.1 Å². The van der Waals surface area contributed by atoms with Crippen molar-refractivity contribution < 1.29 is 23.1 Å². The second-order valence-corrected chi connectivity index (χ2v) is 7.00. The topological polar surface area (TPSA) is 85.7 Å². The van der Waals surface area contributed by atoms with E-state index in [0.717, 1.165) is 0 Å². The van der Waals surface area contributed by atoms with Crippen molar-refractivity contribution in [3.8, 4) is 11.8 Å². The smallest absolute Gasteiger partial charge is 0.387 e. The van der Waals surface area contributed by atoms with E-state index < -0.39 is 6.61 Å². The van der Waals surface area contributed by atoms with Crippen molar-refractivity contribution in [3.63, 3.8) is 0 Å². The summed E-state index contributed by atoms with van der Waals surface area (Å²) in [6.07, 6.45) is 0.291. The molecule has 1 heterocycles. The Balaban J connectivity index is 1.46. The van der Waals surface area contributed by atoms with Gasteiger partial charge >= 0.3 is 6.61 Å². The van der Waals surface area contributed by atoms with E-state index in [1.807, 2.05) is 6.07 Å². The van der Waals surface area contributed by atoms with Crippen molar-refractivity contribution in [3.05, 3.63) is 59.7 Å². The van der Waals surface area contributed by atoms with Gasteiger partial charge in [-0.05, 0) is 36.4 Å². The van der Waals surface area contributed by atoms with Gasteiger partial charge in [0.15, 0.2) is 0 Å². The van der Waals surface area contributed by atoms with E-state index in [0.29, 0.717) is 50.4 Å². The standard InChI is InChI=1S/C22H22F2N4O3/c23-22(24)31-19-4-2-1-3-18(19)21(30)28-13-11-27(12-14-28)10-9-20(29)26-17-7-5-16(15-25)6-8-17/h1-8,22H,9-14H2,(H,26,29). The summed E-state index contributed by atoms with van der Waals surface area (Å²) < 4.78 is 29.6. The minimum Gasteiger partial charge on any atom is -0.434 e. The third-order valence-electron chi connectivity index (χ3n) is 4.95. The number of ether oxygens (including phenoxy) is 1. The first kappa shape index (κ1) is 22.2. The molecule has 1 aliphatic rings. The van der Waals surface area contributed by atoms with Crippen LogP contribution in [0, 0.1) is 11.3 Å². The molecule has 1 saturated heterocycles. The molecule has 2 amide bonds. The van der Waals surface area contributed by atoms with E-state index in [9.17, 15) is 18.4 Å². The normalized spacial score (nSPS) is 14.2. The fourth-order valence-corrected chi connectivity index (χ4v) is 3.30. The SMILES string of the molecule is N#Cc1ccc(NC(=O)CCN2CCN(C(=O)c3ccccc3OC(F)F)CC2)cc1. The van der Waals surface area contributed by atoms with Crippen molar-refractivity contribution in [2.75, 3.05) is 38.0 Å². The minimum absolute atomic E-state index is 0.109. The Morgan fingerprint density at radius 2 is 1.74 bits per heavy atom. The number of hydrogen-bond acceptors (Lipinski definition) is 5. The summed E-state index contributed by atoms with van der Waals surface area (Å²) in [5, 5.41) is 11.6. The first-order valence-corrected chi connectivity index (χ1v) is 9.82. The van der Waals surface area contributed by atoms with Crippen LogP contribution in [0.4, 0.5) is 14.5 Å². The van der Waals surface area contributed by atoms with Gasteiger partial charge in [-0.3, -0.25) is 14.5 Å². The van der Waals surface area contributed by atoms with Gasteiger partial charge in [-0.15, -0.1) is 0 Å². The van der Waals surface area contributed by atoms with Crippen LogP contribution in [-0.2, 0) is 4.79 Å². The fraction of sp³-hybridized carbons (Fsp3) is 0.318. The highest BCUT2D eigenvalue weighted by atomic mass is 19.3. The summed E-state index contributed by atoms with van der Waals surface area (Å²) in [7, 11) is 0. The molecule has 162 valence electrons. The second kappa shape index (κ2) is 10.5. The van der Waals surface area contributed by atoms with Crippen LogP contribution in [0.5, 0.6) is 5.75 Å². The number of nitriles is 1. The number of carbonyl (C=O) groups excluding carboxylic acids is 2. The zero-order valence-corrected chi connectivity index (χ0v) is 16.8. The number of rotatable bonds is 7. The molecule has 0 unspecified atom stereocenters. The maximum absolute atomic E-state index is 12.7. The molecule has 0 radical (unpaired) electrons. The van der Waals surface area contributed by atoms with E-state index in [2.05, 4.69) is 15.0 Å². The molecule has 31 heavy (non-hydrogen) atoms. The number of nitrogens with one attached hydrogen (secondary N) is 1. The first-order chi connectivity index (χ1) is 15.0. The zero-order valence-electron chi connectivity index (χ0n) is 16.8. The summed E-state index contributed by atoms with van der Waals surface area (Å²) in [6.45, 7) is -0.448. The molecule has 1 aliphatic heterocycles. The summed E-state index contributed by atoms with van der Waals surface area (Å²) in [5.41, 5.74) is 1.26. The number of hydrogen-bond donors (Lipinski definition) is 1. The van der Waals surface area contributed by atoms with Crippen molar-refractivity contribution >= 4 is 17.5 Å². The van der Waals surface area contributed by atoms with E-state index in [1.165, 1.54) is 18.2 Å². The van der Waals surface area contributed by atoms with Gasteiger partial charge in [0.2, 0.25) is 5.91 Å². The Morgan fingerprint density at radius 1 is 1.06 bits per heavy atom. The number of carbonyl (C=O) groups is 2. The summed E-state index contributed by atoms with van der Waals surface area (Å²) >= 11 is 0. The average Bonchev–Trinajstić information content (AvgIpc) is 2.78. The molecule has 7 nitrogen and oxygen atoms in total. The van der Waals surface area contributed by atoms with Gasteiger partial charge in [0, 0.05) is 44.8 Å². The predicted molar refractivity (Wildman–Crippen MR) is 110 cm³/mol. The van der Waals surface area contributed by atoms with Crippen LogP contribution in [0.15, 0.2) is 48.5 Å². The average molecular weight is 428 g/mol. The van der Waals surface area contributed by atoms with Gasteiger partial charge in [-0.25, -0.2) is 0 Å². The lowest BCUT2D eigenvalue weighted by molar-refractivity contribution is -0.116. The van der Waals surface area contributed by atoms with E-state index >= 15 is 0 Å². The number of piperazine rings is 1. The van der Waals surface area contributed by atoms with Gasteiger partial charge < -0.3 is 15.0 Å². The lowest BCUT2D eigenvalue weighted by Crippen LogP contribution is -2.49. The lowest BCUT2D eigenvalue weighted by Gasteiger charge is -2.34. The third kappa shape index (κ3) is 6.23. The lowest BCUT2D eigenvalue weighted by atomic mass is 10.1. The number of halogens is 2. The van der Waals surface area contributed by atoms with Gasteiger partial charge in [0.05, 0.1) is 17.2 Å². The van der Waals surface area contributed by atoms with Crippen molar-refractivity contribution in [1.29, 1.82) is 5.26 Å². The molecule has 1 fully saturated rings. The largest absolute Gasteiger partial charge is 0.434 e. The number of benzene rings is 2. The quantitative estimate of drug-likeness (QED) is 0.733. The van der Waals surface area contributed by atoms with Crippen LogP contribution in [0.1, 0.15) is 22.3 Å². The molecule has 2 aromatic rings. The predicted octanol–water partition coefficient (Wildman–Crippen LogP) is 2.95. The van der Waals surface area contributed by atoms with E-state index in [4.69, 9.17) is 5.26 Å². The molecule has 0 bridgehead atoms. The molecule has 0 spiro atoms. The molecule has 0 aromatic heterocycles. The molecule has 2 aromatic carbocycles. The number of amides is 2. The fourth-order valence-electron chi connectivity index (χ4n) is 3.30. The third-order valence-corrected chi connectivity index (χ3v) is 4.95. The van der Waals surface area contributed by atoms with Crippen LogP contribution >= 0.6 is 0 Å². The number of anilines is 1. The van der Waals surface area contributed by atoms with Crippen LogP contribution < -0.4 is 10.1 Å². The highest BCUT2D eigenvalue weighted by molar-refractivity contribution is 5.97.